The number of ether oxygens (including phenoxy) is 1. The maximum atomic E-state index is 5.63. The lowest BCUT2D eigenvalue weighted by molar-refractivity contribution is 0.118. The van der Waals surface area contributed by atoms with E-state index in [0.29, 0.717) is 5.41 Å². The van der Waals surface area contributed by atoms with Crippen molar-refractivity contribution in [1.29, 1.82) is 0 Å². The Bertz CT molecular complexity index is 226. The number of hydrogen-bond donors (Lipinski definition) is 1. The molecule has 2 atom stereocenters. The second kappa shape index (κ2) is 6.17. The molecule has 2 saturated heterocycles. The van der Waals surface area contributed by atoms with E-state index in [1.54, 1.807) is 0 Å². The molecular weight excluding hydrogens is 212 g/mol. The van der Waals surface area contributed by atoms with Crippen LogP contribution in [0.2, 0.25) is 0 Å². The van der Waals surface area contributed by atoms with Gasteiger partial charge in [0.2, 0.25) is 0 Å². The summed E-state index contributed by atoms with van der Waals surface area (Å²) in [7, 11) is 2.06. The third kappa shape index (κ3) is 3.43. The Morgan fingerprint density at radius 3 is 3.00 bits per heavy atom. The molecule has 3 heteroatoms. The Labute approximate surface area is 106 Å². The third-order valence-corrected chi connectivity index (χ3v) is 4.36. The normalized spacial score (nSPS) is 34.6. The van der Waals surface area contributed by atoms with Crippen LogP contribution in [0.15, 0.2) is 0 Å². The molecule has 0 spiro atoms. The molecule has 0 aromatic rings. The standard InChI is InChI=1S/C14H28N2O/c1-3-4-13-5-7-16(9-13)11-14(10-15-2)6-8-17-12-14/h13,15H,3-12H2,1-2H3. The lowest BCUT2D eigenvalue weighted by Crippen LogP contribution is -2.43. The molecule has 3 nitrogen and oxygen atoms in total. The van der Waals surface area contributed by atoms with Gasteiger partial charge >= 0.3 is 0 Å². The van der Waals surface area contributed by atoms with E-state index >= 15 is 0 Å². The molecule has 2 rings (SSSR count). The van der Waals surface area contributed by atoms with Crippen molar-refractivity contribution in [2.75, 3.05) is 46.4 Å². The molecule has 2 aliphatic rings. The molecule has 0 bridgehead atoms. The van der Waals surface area contributed by atoms with Crippen LogP contribution in [0.1, 0.15) is 32.6 Å². The summed E-state index contributed by atoms with van der Waals surface area (Å²) in [5.41, 5.74) is 0.385. The highest BCUT2D eigenvalue weighted by Gasteiger charge is 2.37. The summed E-state index contributed by atoms with van der Waals surface area (Å²) in [4.78, 5) is 2.67. The van der Waals surface area contributed by atoms with Gasteiger partial charge in [-0.1, -0.05) is 13.3 Å². The molecule has 2 heterocycles. The Balaban J connectivity index is 1.83. The zero-order chi connectivity index (χ0) is 12.1. The van der Waals surface area contributed by atoms with Gasteiger partial charge in [-0.2, -0.15) is 0 Å². The minimum Gasteiger partial charge on any atom is -0.381 e. The van der Waals surface area contributed by atoms with Crippen molar-refractivity contribution in [3.05, 3.63) is 0 Å². The number of hydrogen-bond acceptors (Lipinski definition) is 3. The first-order valence-electron chi connectivity index (χ1n) is 7.23. The fraction of sp³-hybridized carbons (Fsp3) is 1.00. The van der Waals surface area contributed by atoms with Gasteiger partial charge in [0, 0.05) is 31.7 Å². The van der Waals surface area contributed by atoms with E-state index < -0.39 is 0 Å². The molecule has 0 amide bonds. The minimum atomic E-state index is 0.385. The van der Waals surface area contributed by atoms with Crippen molar-refractivity contribution in [3.63, 3.8) is 0 Å². The Hall–Kier alpha value is -0.120. The largest absolute Gasteiger partial charge is 0.381 e. The predicted octanol–water partition coefficient (Wildman–Crippen LogP) is 1.73. The van der Waals surface area contributed by atoms with Crippen molar-refractivity contribution in [2.24, 2.45) is 11.3 Å². The summed E-state index contributed by atoms with van der Waals surface area (Å²) in [6, 6.07) is 0. The van der Waals surface area contributed by atoms with Gasteiger partial charge in [0.15, 0.2) is 0 Å². The maximum absolute atomic E-state index is 5.63. The fourth-order valence-electron chi connectivity index (χ4n) is 3.52. The lowest BCUT2D eigenvalue weighted by Gasteiger charge is -2.32. The average molecular weight is 240 g/mol. The van der Waals surface area contributed by atoms with E-state index in [2.05, 4.69) is 24.2 Å². The summed E-state index contributed by atoms with van der Waals surface area (Å²) in [5.74, 6) is 0.953. The van der Waals surface area contributed by atoms with Crippen LogP contribution in [0.25, 0.3) is 0 Å². The van der Waals surface area contributed by atoms with Gasteiger partial charge in [-0.05, 0) is 38.8 Å². The molecule has 2 aliphatic heterocycles. The summed E-state index contributed by atoms with van der Waals surface area (Å²) < 4.78 is 5.63. The van der Waals surface area contributed by atoms with Crippen molar-refractivity contribution >= 4 is 0 Å². The van der Waals surface area contributed by atoms with Gasteiger partial charge in [0.25, 0.3) is 0 Å². The second-order valence-electron chi connectivity index (χ2n) is 6.01. The van der Waals surface area contributed by atoms with Crippen LogP contribution in [0.3, 0.4) is 0 Å². The second-order valence-corrected chi connectivity index (χ2v) is 6.01. The van der Waals surface area contributed by atoms with Gasteiger partial charge in [-0.3, -0.25) is 0 Å². The van der Waals surface area contributed by atoms with E-state index in [0.717, 1.165) is 25.7 Å². The van der Waals surface area contributed by atoms with Crippen LogP contribution in [0.4, 0.5) is 0 Å². The number of likely N-dealkylation sites (tertiary alicyclic amines) is 1. The molecule has 0 aromatic carbocycles. The Morgan fingerprint density at radius 2 is 2.35 bits per heavy atom. The summed E-state index contributed by atoms with van der Waals surface area (Å²) >= 11 is 0. The highest BCUT2D eigenvalue weighted by molar-refractivity contribution is 4.90. The summed E-state index contributed by atoms with van der Waals surface area (Å²) in [5, 5.41) is 3.35. The van der Waals surface area contributed by atoms with Gasteiger partial charge in [-0.15, -0.1) is 0 Å². The molecule has 0 aromatic heterocycles. The zero-order valence-electron chi connectivity index (χ0n) is 11.5. The van der Waals surface area contributed by atoms with E-state index in [1.165, 1.54) is 45.3 Å². The van der Waals surface area contributed by atoms with Crippen LogP contribution in [0, 0.1) is 11.3 Å². The monoisotopic (exact) mass is 240 g/mol. The van der Waals surface area contributed by atoms with Crippen LogP contribution in [-0.4, -0.2) is 51.3 Å². The van der Waals surface area contributed by atoms with E-state index in [4.69, 9.17) is 4.74 Å². The molecule has 1 N–H and O–H groups in total. The van der Waals surface area contributed by atoms with Gasteiger partial charge in [-0.25, -0.2) is 0 Å². The Morgan fingerprint density at radius 1 is 1.47 bits per heavy atom. The molecule has 17 heavy (non-hydrogen) atoms. The lowest BCUT2D eigenvalue weighted by atomic mass is 9.86. The minimum absolute atomic E-state index is 0.385. The number of rotatable bonds is 6. The Kier molecular flexibility index (Phi) is 4.83. The van der Waals surface area contributed by atoms with Gasteiger partial charge in [0.05, 0.1) is 6.61 Å². The van der Waals surface area contributed by atoms with Crippen molar-refractivity contribution in [3.8, 4) is 0 Å². The first kappa shape index (κ1) is 13.3. The third-order valence-electron chi connectivity index (χ3n) is 4.36. The molecule has 2 unspecified atom stereocenters. The molecule has 100 valence electrons. The highest BCUT2D eigenvalue weighted by atomic mass is 16.5. The van der Waals surface area contributed by atoms with Crippen molar-refractivity contribution in [1.82, 2.24) is 10.2 Å². The topological polar surface area (TPSA) is 24.5 Å². The van der Waals surface area contributed by atoms with Crippen molar-refractivity contribution in [2.45, 2.75) is 32.6 Å². The predicted molar refractivity (Wildman–Crippen MR) is 71.3 cm³/mol. The van der Waals surface area contributed by atoms with Crippen LogP contribution < -0.4 is 5.32 Å². The fourth-order valence-corrected chi connectivity index (χ4v) is 3.52. The number of nitrogens with one attached hydrogen (secondary N) is 1. The number of nitrogens with zero attached hydrogens (tertiary/aromatic N) is 1. The smallest absolute Gasteiger partial charge is 0.0547 e. The SMILES string of the molecule is CCCC1CCN(CC2(CNC)CCOC2)C1. The van der Waals surface area contributed by atoms with Crippen molar-refractivity contribution < 1.29 is 4.74 Å². The molecule has 0 saturated carbocycles. The summed E-state index contributed by atoms with van der Waals surface area (Å²) in [6.45, 7) is 9.15. The van der Waals surface area contributed by atoms with Crippen LogP contribution >= 0.6 is 0 Å². The molecular formula is C14H28N2O. The van der Waals surface area contributed by atoms with Gasteiger partial charge in [0.1, 0.15) is 0 Å². The van der Waals surface area contributed by atoms with E-state index in [9.17, 15) is 0 Å². The molecule has 2 fully saturated rings. The average Bonchev–Trinajstić information content (AvgIpc) is 2.91. The van der Waals surface area contributed by atoms with Gasteiger partial charge < -0.3 is 15.0 Å². The molecule has 0 radical (unpaired) electrons. The van der Waals surface area contributed by atoms with E-state index in [1.807, 2.05) is 0 Å². The quantitative estimate of drug-likeness (QED) is 0.765. The first-order chi connectivity index (χ1) is 8.28. The van der Waals surface area contributed by atoms with E-state index in [-0.39, 0.29) is 0 Å². The van der Waals surface area contributed by atoms with Crippen LogP contribution in [0.5, 0.6) is 0 Å². The first-order valence-corrected chi connectivity index (χ1v) is 7.23. The zero-order valence-corrected chi connectivity index (χ0v) is 11.5. The summed E-state index contributed by atoms with van der Waals surface area (Å²) in [6.07, 6.45) is 5.38. The maximum Gasteiger partial charge on any atom is 0.0547 e. The highest BCUT2D eigenvalue weighted by Crippen LogP contribution is 2.31. The molecule has 0 aliphatic carbocycles. The van der Waals surface area contributed by atoms with Crippen LogP contribution in [-0.2, 0) is 4.74 Å².